The van der Waals surface area contributed by atoms with E-state index in [9.17, 15) is 4.79 Å². The molecule has 1 N–H and O–H groups in total. The summed E-state index contributed by atoms with van der Waals surface area (Å²) in [5, 5.41) is 0. The normalized spacial score (nSPS) is 11.8. The number of hydrogen-bond donors (Lipinski definition) is 1. The number of aromatic nitrogens is 2. The van der Waals surface area contributed by atoms with E-state index >= 15 is 0 Å². The summed E-state index contributed by atoms with van der Waals surface area (Å²) in [7, 11) is 0. The van der Waals surface area contributed by atoms with Crippen LogP contribution < -0.4 is 4.74 Å². The first kappa shape index (κ1) is 16.0. The Morgan fingerprint density at radius 3 is 2.46 bits per heavy atom. The minimum Gasteiger partial charge on any atom is -0.494 e. The summed E-state index contributed by atoms with van der Waals surface area (Å²) in [4.78, 5) is 18.6. The molecular weight excluding hydrogens is 300 g/mol. The quantitative estimate of drug-likeness (QED) is 0.508. The second-order valence-electron chi connectivity index (χ2n) is 5.61. The number of rotatable bonds is 8. The van der Waals surface area contributed by atoms with Crippen molar-refractivity contribution in [3.63, 3.8) is 0 Å². The number of aldehydes is 1. The lowest BCUT2D eigenvalue weighted by molar-refractivity contribution is -0.108. The Bertz CT molecular complexity index is 737. The van der Waals surface area contributed by atoms with Crippen molar-refractivity contribution in [3.05, 3.63) is 83.9 Å². The molecule has 0 bridgehead atoms. The van der Waals surface area contributed by atoms with Crippen molar-refractivity contribution >= 4 is 6.29 Å². The van der Waals surface area contributed by atoms with Gasteiger partial charge in [-0.1, -0.05) is 42.5 Å². The van der Waals surface area contributed by atoms with Gasteiger partial charge in [0.15, 0.2) is 0 Å². The summed E-state index contributed by atoms with van der Waals surface area (Å²) in [5.74, 6) is 0.582. The maximum Gasteiger partial charge on any atom is 0.131 e. The minimum absolute atomic E-state index is 0.236. The molecule has 2 aromatic carbocycles. The zero-order valence-electron chi connectivity index (χ0n) is 13.4. The van der Waals surface area contributed by atoms with Gasteiger partial charge in [0.2, 0.25) is 0 Å². The number of aryl methyl sites for hydroxylation is 1. The van der Waals surface area contributed by atoms with E-state index in [1.165, 1.54) is 0 Å². The molecule has 0 aliphatic heterocycles. The van der Waals surface area contributed by atoms with Gasteiger partial charge in [0.25, 0.3) is 0 Å². The van der Waals surface area contributed by atoms with Gasteiger partial charge in [-0.2, -0.15) is 0 Å². The van der Waals surface area contributed by atoms with Crippen LogP contribution in [-0.4, -0.2) is 22.9 Å². The molecule has 4 heteroatoms. The van der Waals surface area contributed by atoms with Gasteiger partial charge < -0.3 is 14.5 Å². The van der Waals surface area contributed by atoms with Gasteiger partial charge in [-0.15, -0.1) is 0 Å². The van der Waals surface area contributed by atoms with Gasteiger partial charge in [-0.05, 0) is 36.1 Å². The van der Waals surface area contributed by atoms with E-state index in [2.05, 4.69) is 9.97 Å². The summed E-state index contributed by atoms with van der Waals surface area (Å²) in [6.45, 7) is 0.641. The predicted octanol–water partition coefficient (Wildman–Crippen LogP) is 3.75. The highest BCUT2D eigenvalue weighted by molar-refractivity contribution is 5.68. The molecule has 0 spiro atoms. The third kappa shape index (κ3) is 4.10. The van der Waals surface area contributed by atoms with Gasteiger partial charge in [-0.3, -0.25) is 0 Å². The zero-order valence-corrected chi connectivity index (χ0v) is 13.4. The van der Waals surface area contributed by atoms with Crippen LogP contribution in [0, 0.1) is 0 Å². The second kappa shape index (κ2) is 8.11. The molecule has 122 valence electrons. The SMILES string of the molecule is O=CC(c1ccccc1)c1ccc(OCCCc2c[nH]cn2)cc1. The van der Waals surface area contributed by atoms with E-state index in [1.807, 2.05) is 60.8 Å². The van der Waals surface area contributed by atoms with Gasteiger partial charge in [-0.25, -0.2) is 4.98 Å². The second-order valence-corrected chi connectivity index (χ2v) is 5.61. The predicted molar refractivity (Wildman–Crippen MR) is 93.2 cm³/mol. The van der Waals surface area contributed by atoms with Crippen LogP contribution in [0.1, 0.15) is 29.2 Å². The fraction of sp³-hybridized carbons (Fsp3) is 0.200. The first-order valence-electron chi connectivity index (χ1n) is 8.07. The Labute approximate surface area is 141 Å². The van der Waals surface area contributed by atoms with E-state index in [-0.39, 0.29) is 5.92 Å². The Kier molecular flexibility index (Phi) is 5.40. The van der Waals surface area contributed by atoms with Crippen molar-refractivity contribution in [2.45, 2.75) is 18.8 Å². The number of aromatic amines is 1. The third-order valence-corrected chi connectivity index (χ3v) is 3.93. The molecule has 1 atom stereocenters. The van der Waals surface area contributed by atoms with Crippen molar-refractivity contribution < 1.29 is 9.53 Å². The van der Waals surface area contributed by atoms with Crippen LogP contribution in [0.3, 0.4) is 0 Å². The van der Waals surface area contributed by atoms with E-state index < -0.39 is 0 Å². The standard InChI is InChI=1S/C20H20N2O2/c23-14-20(16-5-2-1-3-6-16)17-8-10-19(11-9-17)24-12-4-7-18-13-21-15-22-18/h1-3,5-6,8-11,13-15,20H,4,7,12H2,(H,21,22). The number of ether oxygens (including phenoxy) is 1. The number of carbonyl (C=O) groups excluding carboxylic acids is 1. The fourth-order valence-corrected chi connectivity index (χ4v) is 2.65. The summed E-state index contributed by atoms with van der Waals surface area (Å²) in [6, 6.07) is 17.5. The molecule has 1 aromatic heterocycles. The number of hydrogen-bond acceptors (Lipinski definition) is 3. The Balaban J connectivity index is 1.55. The van der Waals surface area contributed by atoms with E-state index in [0.29, 0.717) is 6.61 Å². The molecule has 0 radical (unpaired) electrons. The van der Waals surface area contributed by atoms with Crippen LogP contribution in [0.5, 0.6) is 5.75 Å². The molecule has 1 heterocycles. The highest BCUT2D eigenvalue weighted by atomic mass is 16.5. The van der Waals surface area contributed by atoms with Gasteiger partial charge in [0.1, 0.15) is 12.0 Å². The lowest BCUT2D eigenvalue weighted by Crippen LogP contribution is -2.03. The Morgan fingerprint density at radius 1 is 1.04 bits per heavy atom. The Hall–Kier alpha value is -2.88. The van der Waals surface area contributed by atoms with Crippen molar-refractivity contribution in [1.82, 2.24) is 9.97 Å². The maximum atomic E-state index is 11.5. The molecule has 24 heavy (non-hydrogen) atoms. The highest BCUT2D eigenvalue weighted by Crippen LogP contribution is 2.24. The number of benzene rings is 2. The molecule has 0 aliphatic carbocycles. The van der Waals surface area contributed by atoms with Crippen LogP contribution in [0.4, 0.5) is 0 Å². The maximum absolute atomic E-state index is 11.5. The first-order chi connectivity index (χ1) is 11.9. The molecule has 0 aliphatic rings. The topological polar surface area (TPSA) is 55.0 Å². The Morgan fingerprint density at radius 2 is 1.79 bits per heavy atom. The average molecular weight is 320 g/mol. The van der Waals surface area contributed by atoms with Crippen molar-refractivity contribution in [2.24, 2.45) is 0 Å². The number of imidazole rings is 1. The van der Waals surface area contributed by atoms with Crippen LogP contribution in [-0.2, 0) is 11.2 Å². The van der Waals surface area contributed by atoms with Crippen LogP contribution >= 0.6 is 0 Å². The molecule has 0 saturated carbocycles. The smallest absolute Gasteiger partial charge is 0.131 e. The van der Waals surface area contributed by atoms with Gasteiger partial charge in [0.05, 0.1) is 24.5 Å². The number of carbonyl (C=O) groups is 1. The average Bonchev–Trinajstić information content (AvgIpc) is 3.15. The molecule has 3 aromatic rings. The summed E-state index contributed by atoms with van der Waals surface area (Å²) < 4.78 is 5.75. The monoisotopic (exact) mass is 320 g/mol. The lowest BCUT2D eigenvalue weighted by atomic mass is 9.93. The van der Waals surface area contributed by atoms with Gasteiger partial charge in [0, 0.05) is 6.20 Å². The summed E-state index contributed by atoms with van der Waals surface area (Å²) in [5.41, 5.74) is 3.02. The van der Waals surface area contributed by atoms with Crippen LogP contribution in [0.2, 0.25) is 0 Å². The number of H-pyrrole nitrogens is 1. The zero-order chi connectivity index (χ0) is 16.6. The molecule has 0 saturated heterocycles. The third-order valence-electron chi connectivity index (χ3n) is 3.93. The molecule has 4 nitrogen and oxygen atoms in total. The molecular formula is C20H20N2O2. The van der Waals surface area contributed by atoms with Crippen molar-refractivity contribution in [1.29, 1.82) is 0 Å². The van der Waals surface area contributed by atoms with Gasteiger partial charge >= 0.3 is 0 Å². The minimum atomic E-state index is -0.236. The van der Waals surface area contributed by atoms with E-state index in [1.54, 1.807) is 6.33 Å². The van der Waals surface area contributed by atoms with E-state index in [0.717, 1.165) is 41.7 Å². The van der Waals surface area contributed by atoms with Crippen molar-refractivity contribution in [2.75, 3.05) is 6.61 Å². The van der Waals surface area contributed by atoms with Crippen LogP contribution in [0.25, 0.3) is 0 Å². The highest BCUT2D eigenvalue weighted by Gasteiger charge is 2.12. The van der Waals surface area contributed by atoms with Crippen LogP contribution in [0.15, 0.2) is 67.1 Å². The fourth-order valence-electron chi connectivity index (χ4n) is 2.65. The van der Waals surface area contributed by atoms with Crippen molar-refractivity contribution in [3.8, 4) is 5.75 Å². The molecule has 3 rings (SSSR count). The molecule has 1 unspecified atom stereocenters. The van der Waals surface area contributed by atoms with E-state index in [4.69, 9.17) is 4.74 Å². The first-order valence-corrected chi connectivity index (χ1v) is 8.07. The lowest BCUT2D eigenvalue weighted by Gasteiger charge is -2.12. The number of nitrogens with zero attached hydrogens (tertiary/aromatic N) is 1. The molecule has 0 fully saturated rings. The largest absolute Gasteiger partial charge is 0.494 e. The summed E-state index contributed by atoms with van der Waals surface area (Å²) >= 11 is 0. The number of nitrogens with one attached hydrogen (secondary N) is 1. The molecule has 0 amide bonds. The summed E-state index contributed by atoms with van der Waals surface area (Å²) in [6.07, 6.45) is 6.37.